The maximum Gasteiger partial charge on any atom is 0.251 e. The van der Waals surface area contributed by atoms with Gasteiger partial charge in [0.1, 0.15) is 11.6 Å². The minimum absolute atomic E-state index is 0.198. The zero-order chi connectivity index (χ0) is 28.5. The van der Waals surface area contributed by atoms with Gasteiger partial charge >= 0.3 is 0 Å². The number of carbonyl (C=O) groups is 1. The van der Waals surface area contributed by atoms with Gasteiger partial charge < -0.3 is 28.8 Å². The second-order valence-corrected chi connectivity index (χ2v) is 9.72. The fourth-order valence-electron chi connectivity index (χ4n) is 4.90. The zero-order valence-corrected chi connectivity index (χ0v) is 24.1. The summed E-state index contributed by atoms with van der Waals surface area (Å²) >= 11 is 0. The highest BCUT2D eigenvalue weighted by molar-refractivity contribution is 5.95. The van der Waals surface area contributed by atoms with E-state index in [4.69, 9.17) is 23.9 Å². The minimum atomic E-state index is -0.198. The third kappa shape index (κ3) is 6.68. The fourth-order valence-corrected chi connectivity index (χ4v) is 4.90. The van der Waals surface area contributed by atoms with Crippen LogP contribution in [0.1, 0.15) is 46.6 Å². The molecule has 3 aromatic carbocycles. The van der Waals surface area contributed by atoms with Crippen molar-refractivity contribution in [2.24, 2.45) is 0 Å². The Kier molecular flexibility index (Phi) is 9.89. The molecular weight excluding hydrogens is 506 g/mol. The van der Waals surface area contributed by atoms with Crippen LogP contribution in [-0.2, 0) is 13.0 Å². The number of rotatable bonds is 14. The number of aromatic nitrogens is 2. The van der Waals surface area contributed by atoms with Crippen molar-refractivity contribution in [1.82, 2.24) is 14.9 Å². The van der Waals surface area contributed by atoms with Gasteiger partial charge in [-0.1, -0.05) is 30.3 Å². The number of unbranched alkanes of at least 4 members (excludes halogenated alkanes) is 1. The maximum absolute atomic E-state index is 12.9. The van der Waals surface area contributed by atoms with E-state index in [2.05, 4.69) is 48.0 Å². The number of para-hydroxylation sites is 3. The molecule has 1 heterocycles. The first-order chi connectivity index (χ1) is 19.5. The summed E-state index contributed by atoms with van der Waals surface area (Å²) in [5.74, 6) is 3.16. The standard InChI is InChI=1S/C32H39N3O5/c1-22-12-10-13-23(2)30(22)40-19-9-8-18-35-26-15-7-6-14-25(26)34-29(35)16-11-17-33-32(36)24-20-27(37-3)31(39-5)28(21-24)38-4/h6-7,10,12-15,20-21H,8-9,11,16-19H2,1-5H3,(H,33,36). The average molecular weight is 546 g/mol. The van der Waals surface area contributed by atoms with Gasteiger partial charge in [0, 0.05) is 25.1 Å². The minimum Gasteiger partial charge on any atom is -0.493 e. The number of hydrogen-bond acceptors (Lipinski definition) is 6. The van der Waals surface area contributed by atoms with Crippen molar-refractivity contribution in [3.63, 3.8) is 0 Å². The summed E-state index contributed by atoms with van der Waals surface area (Å²) in [5, 5.41) is 3.00. The summed E-state index contributed by atoms with van der Waals surface area (Å²) in [5.41, 5.74) is 4.91. The molecule has 0 aliphatic carbocycles. The van der Waals surface area contributed by atoms with Gasteiger partial charge in [-0.3, -0.25) is 4.79 Å². The molecule has 0 spiro atoms. The summed E-state index contributed by atoms with van der Waals surface area (Å²) in [7, 11) is 4.60. The summed E-state index contributed by atoms with van der Waals surface area (Å²) < 4.78 is 24.5. The molecular formula is C32H39N3O5. The number of nitrogens with one attached hydrogen (secondary N) is 1. The van der Waals surface area contributed by atoms with Crippen LogP contribution in [0.4, 0.5) is 0 Å². The van der Waals surface area contributed by atoms with Crippen LogP contribution in [0.3, 0.4) is 0 Å². The van der Waals surface area contributed by atoms with Gasteiger partial charge in [-0.25, -0.2) is 4.98 Å². The van der Waals surface area contributed by atoms with Crippen LogP contribution in [0, 0.1) is 13.8 Å². The molecule has 0 saturated carbocycles. The molecule has 0 aliphatic rings. The molecule has 0 bridgehead atoms. The number of ether oxygens (including phenoxy) is 4. The Bertz CT molecular complexity index is 1400. The van der Waals surface area contributed by atoms with E-state index >= 15 is 0 Å². The number of amides is 1. The SMILES string of the molecule is COc1cc(C(=O)NCCCc2nc3ccccc3n2CCCCOc2c(C)cccc2C)cc(OC)c1OC. The topological polar surface area (TPSA) is 83.8 Å². The van der Waals surface area contributed by atoms with E-state index < -0.39 is 0 Å². The predicted molar refractivity (Wildman–Crippen MR) is 157 cm³/mol. The third-order valence-electron chi connectivity index (χ3n) is 6.95. The van der Waals surface area contributed by atoms with Gasteiger partial charge in [-0.15, -0.1) is 0 Å². The number of nitrogens with zero attached hydrogens (tertiary/aromatic N) is 2. The highest BCUT2D eigenvalue weighted by Gasteiger charge is 2.17. The molecule has 0 atom stereocenters. The number of methoxy groups -OCH3 is 3. The molecule has 0 fully saturated rings. The molecule has 40 heavy (non-hydrogen) atoms. The first-order valence-electron chi connectivity index (χ1n) is 13.7. The lowest BCUT2D eigenvalue weighted by Crippen LogP contribution is -2.25. The van der Waals surface area contributed by atoms with Crippen molar-refractivity contribution in [3.8, 4) is 23.0 Å². The Morgan fingerprint density at radius 3 is 2.23 bits per heavy atom. The molecule has 8 nitrogen and oxygen atoms in total. The number of imidazole rings is 1. The second-order valence-electron chi connectivity index (χ2n) is 9.72. The number of benzene rings is 3. The monoisotopic (exact) mass is 545 g/mol. The van der Waals surface area contributed by atoms with E-state index in [1.54, 1.807) is 12.1 Å². The quantitative estimate of drug-likeness (QED) is 0.199. The largest absolute Gasteiger partial charge is 0.493 e. The Labute approximate surface area is 236 Å². The molecule has 0 unspecified atom stereocenters. The lowest BCUT2D eigenvalue weighted by molar-refractivity contribution is 0.0952. The van der Waals surface area contributed by atoms with Crippen LogP contribution < -0.4 is 24.3 Å². The Balaban J connectivity index is 1.33. The third-order valence-corrected chi connectivity index (χ3v) is 6.95. The van der Waals surface area contributed by atoms with Crippen molar-refractivity contribution in [2.45, 2.75) is 46.1 Å². The van der Waals surface area contributed by atoms with E-state index in [-0.39, 0.29) is 5.91 Å². The Morgan fingerprint density at radius 1 is 0.850 bits per heavy atom. The van der Waals surface area contributed by atoms with Gasteiger partial charge in [0.2, 0.25) is 5.75 Å². The van der Waals surface area contributed by atoms with Crippen molar-refractivity contribution in [3.05, 3.63) is 77.1 Å². The van der Waals surface area contributed by atoms with Gasteiger partial charge in [0.05, 0.1) is 39.0 Å². The van der Waals surface area contributed by atoms with Crippen LogP contribution in [0.5, 0.6) is 23.0 Å². The second kappa shape index (κ2) is 13.7. The molecule has 1 N–H and O–H groups in total. The van der Waals surface area contributed by atoms with Gasteiger partial charge in [0.25, 0.3) is 5.91 Å². The molecule has 8 heteroatoms. The number of fused-ring (bicyclic) bond motifs is 1. The molecule has 1 aromatic heterocycles. The van der Waals surface area contributed by atoms with Crippen molar-refractivity contribution in [1.29, 1.82) is 0 Å². The van der Waals surface area contributed by atoms with Gasteiger partial charge in [-0.05, 0) is 68.5 Å². The van der Waals surface area contributed by atoms with Crippen molar-refractivity contribution in [2.75, 3.05) is 34.5 Å². The van der Waals surface area contributed by atoms with Crippen LogP contribution in [0.25, 0.3) is 11.0 Å². The number of aryl methyl sites for hydroxylation is 4. The van der Waals surface area contributed by atoms with E-state index in [0.29, 0.717) is 36.0 Å². The lowest BCUT2D eigenvalue weighted by atomic mass is 10.1. The zero-order valence-electron chi connectivity index (χ0n) is 24.1. The van der Waals surface area contributed by atoms with Crippen LogP contribution >= 0.6 is 0 Å². The Hall–Kier alpha value is -4.20. The number of carbonyl (C=O) groups excluding carboxylic acids is 1. The molecule has 0 aliphatic heterocycles. The molecule has 4 rings (SSSR count). The summed E-state index contributed by atoms with van der Waals surface area (Å²) in [6, 6.07) is 17.8. The van der Waals surface area contributed by atoms with Crippen LogP contribution in [-0.4, -0.2) is 49.9 Å². The molecule has 212 valence electrons. The van der Waals surface area contributed by atoms with Crippen LogP contribution in [0.15, 0.2) is 54.6 Å². The normalized spacial score (nSPS) is 10.9. The van der Waals surface area contributed by atoms with E-state index in [1.807, 2.05) is 18.2 Å². The smallest absolute Gasteiger partial charge is 0.251 e. The summed E-state index contributed by atoms with van der Waals surface area (Å²) in [6.07, 6.45) is 3.44. The molecule has 0 radical (unpaired) electrons. The summed E-state index contributed by atoms with van der Waals surface area (Å²) in [4.78, 5) is 17.7. The van der Waals surface area contributed by atoms with Crippen LogP contribution in [0.2, 0.25) is 0 Å². The lowest BCUT2D eigenvalue weighted by Gasteiger charge is -2.14. The Morgan fingerprint density at radius 2 is 1.55 bits per heavy atom. The fraction of sp³-hybridized carbons (Fsp3) is 0.375. The molecule has 1 amide bonds. The first-order valence-corrected chi connectivity index (χ1v) is 13.7. The first kappa shape index (κ1) is 28.8. The predicted octanol–water partition coefficient (Wildman–Crippen LogP) is 5.90. The summed E-state index contributed by atoms with van der Waals surface area (Å²) in [6.45, 7) is 6.23. The van der Waals surface area contributed by atoms with E-state index in [9.17, 15) is 4.79 Å². The highest BCUT2D eigenvalue weighted by atomic mass is 16.5. The van der Waals surface area contributed by atoms with Crippen molar-refractivity contribution < 1.29 is 23.7 Å². The van der Waals surface area contributed by atoms with Crippen molar-refractivity contribution >= 4 is 16.9 Å². The highest BCUT2D eigenvalue weighted by Crippen LogP contribution is 2.38. The maximum atomic E-state index is 12.9. The van der Waals surface area contributed by atoms with Gasteiger partial charge in [-0.2, -0.15) is 0 Å². The van der Waals surface area contributed by atoms with Gasteiger partial charge in [0.15, 0.2) is 11.5 Å². The van der Waals surface area contributed by atoms with E-state index in [0.717, 1.165) is 54.8 Å². The molecule has 4 aromatic rings. The van der Waals surface area contributed by atoms with E-state index in [1.165, 1.54) is 32.5 Å². The number of hydrogen-bond donors (Lipinski definition) is 1. The average Bonchev–Trinajstić information content (AvgIpc) is 3.32. The molecule has 0 saturated heterocycles.